The summed E-state index contributed by atoms with van der Waals surface area (Å²) in [7, 11) is 0. The van der Waals surface area contributed by atoms with Gasteiger partial charge < -0.3 is 10.2 Å². The predicted molar refractivity (Wildman–Crippen MR) is 130 cm³/mol. The molecule has 0 unspecified atom stereocenters. The number of amidine groups is 2. The summed E-state index contributed by atoms with van der Waals surface area (Å²) in [6.45, 7) is 3.04. The fraction of sp³-hybridized carbons (Fsp3) is 0.160. The van der Waals surface area contributed by atoms with E-state index in [1.54, 1.807) is 0 Å². The molecule has 156 valence electrons. The van der Waals surface area contributed by atoms with Gasteiger partial charge in [-0.25, -0.2) is 9.98 Å². The Kier molecular flexibility index (Phi) is 6.79. The number of hydrogen-bond donors (Lipinski definition) is 1. The molecular weight excluding hydrogens is 404 g/mol. The third-order valence-electron chi connectivity index (χ3n) is 4.84. The van der Waals surface area contributed by atoms with Gasteiger partial charge in [0.1, 0.15) is 6.67 Å². The number of aliphatic imine (C=N–C) groups is 2. The maximum atomic E-state index is 12.5. The van der Waals surface area contributed by atoms with Gasteiger partial charge in [0, 0.05) is 17.8 Å². The first-order valence-corrected chi connectivity index (χ1v) is 11.1. The molecule has 0 radical (unpaired) electrons. The van der Waals surface area contributed by atoms with Crippen molar-refractivity contribution in [2.45, 2.75) is 13.5 Å². The molecule has 1 N–H and O–H groups in total. The monoisotopic (exact) mass is 428 g/mol. The van der Waals surface area contributed by atoms with Gasteiger partial charge in [0.2, 0.25) is 5.91 Å². The molecule has 5 nitrogen and oxygen atoms in total. The first-order chi connectivity index (χ1) is 15.2. The van der Waals surface area contributed by atoms with Crippen molar-refractivity contribution >= 4 is 34.4 Å². The third-order valence-corrected chi connectivity index (χ3v) is 5.81. The maximum absolute atomic E-state index is 12.5. The highest BCUT2D eigenvalue weighted by Crippen LogP contribution is 2.24. The van der Waals surface area contributed by atoms with Crippen LogP contribution in [0.5, 0.6) is 0 Å². The van der Waals surface area contributed by atoms with Gasteiger partial charge in [-0.2, -0.15) is 0 Å². The molecule has 1 amide bonds. The van der Waals surface area contributed by atoms with Crippen LogP contribution in [0.3, 0.4) is 0 Å². The fourth-order valence-electron chi connectivity index (χ4n) is 3.13. The second kappa shape index (κ2) is 10.1. The minimum absolute atomic E-state index is 0.0239. The van der Waals surface area contributed by atoms with Gasteiger partial charge in [-0.05, 0) is 24.6 Å². The Morgan fingerprint density at radius 2 is 1.65 bits per heavy atom. The van der Waals surface area contributed by atoms with Crippen LogP contribution in [0, 0.1) is 6.92 Å². The van der Waals surface area contributed by atoms with Crippen molar-refractivity contribution in [1.82, 2.24) is 5.32 Å². The molecule has 1 aliphatic rings. The van der Waals surface area contributed by atoms with Gasteiger partial charge in [0.25, 0.3) is 0 Å². The van der Waals surface area contributed by atoms with Gasteiger partial charge in [-0.1, -0.05) is 90.1 Å². The van der Waals surface area contributed by atoms with Gasteiger partial charge in [-0.3, -0.25) is 4.79 Å². The number of rotatable bonds is 6. The van der Waals surface area contributed by atoms with E-state index in [1.807, 2.05) is 65.6 Å². The number of aryl methyl sites for hydroxylation is 1. The molecule has 0 aromatic heterocycles. The molecule has 0 aliphatic carbocycles. The molecule has 6 heteroatoms. The van der Waals surface area contributed by atoms with E-state index in [9.17, 15) is 4.79 Å². The van der Waals surface area contributed by atoms with Gasteiger partial charge in [-0.15, -0.1) is 0 Å². The summed E-state index contributed by atoms with van der Waals surface area (Å²) in [4.78, 5) is 24.0. The Morgan fingerprint density at radius 1 is 0.968 bits per heavy atom. The summed E-state index contributed by atoms with van der Waals surface area (Å²) < 4.78 is 0. The van der Waals surface area contributed by atoms with Crippen molar-refractivity contribution in [1.29, 1.82) is 0 Å². The Balaban J connectivity index is 1.48. The lowest BCUT2D eigenvalue weighted by atomic mass is 10.2. The van der Waals surface area contributed by atoms with Crippen LogP contribution in [0.1, 0.15) is 16.7 Å². The van der Waals surface area contributed by atoms with E-state index in [4.69, 9.17) is 4.99 Å². The normalized spacial score (nSPS) is 13.4. The molecule has 0 spiro atoms. The van der Waals surface area contributed by atoms with E-state index in [2.05, 4.69) is 41.5 Å². The van der Waals surface area contributed by atoms with Crippen LogP contribution in [0.15, 0.2) is 94.9 Å². The molecule has 0 atom stereocenters. The number of amides is 1. The average Bonchev–Trinajstić information content (AvgIpc) is 2.83. The average molecular weight is 429 g/mol. The quantitative estimate of drug-likeness (QED) is 0.623. The van der Waals surface area contributed by atoms with Crippen LogP contribution in [0.2, 0.25) is 0 Å². The number of hydrogen-bond acceptors (Lipinski definition) is 5. The summed E-state index contributed by atoms with van der Waals surface area (Å²) in [6, 6.07) is 28.1. The molecule has 1 aliphatic heterocycles. The lowest BCUT2D eigenvalue weighted by molar-refractivity contribution is -0.118. The van der Waals surface area contributed by atoms with Crippen molar-refractivity contribution in [3.63, 3.8) is 0 Å². The SMILES string of the molecule is Cc1ccc(N2CN=C(c3ccccc3)N=C2SCC(=O)NCc2ccccc2)cc1. The molecule has 4 rings (SSSR count). The number of benzene rings is 3. The molecule has 0 fully saturated rings. The van der Waals surface area contributed by atoms with E-state index < -0.39 is 0 Å². The zero-order chi connectivity index (χ0) is 21.5. The second-order valence-corrected chi connectivity index (χ2v) is 8.14. The Hall–Kier alpha value is -3.38. The van der Waals surface area contributed by atoms with Crippen LogP contribution < -0.4 is 10.2 Å². The first-order valence-electron chi connectivity index (χ1n) is 10.2. The van der Waals surface area contributed by atoms with Crippen LogP contribution >= 0.6 is 11.8 Å². The molecule has 3 aromatic carbocycles. The number of anilines is 1. The minimum Gasteiger partial charge on any atom is -0.351 e. The third kappa shape index (κ3) is 5.61. The Labute approximate surface area is 186 Å². The predicted octanol–water partition coefficient (Wildman–Crippen LogP) is 4.62. The number of carbonyl (C=O) groups excluding carboxylic acids is 1. The molecule has 0 saturated heterocycles. The number of nitrogens with one attached hydrogen (secondary N) is 1. The van der Waals surface area contributed by atoms with Crippen molar-refractivity contribution in [2.75, 3.05) is 17.3 Å². The smallest absolute Gasteiger partial charge is 0.230 e. The van der Waals surface area contributed by atoms with E-state index in [0.29, 0.717) is 19.0 Å². The number of thioether (sulfide) groups is 1. The molecule has 0 bridgehead atoms. The highest BCUT2D eigenvalue weighted by atomic mass is 32.2. The minimum atomic E-state index is -0.0239. The topological polar surface area (TPSA) is 57.1 Å². The van der Waals surface area contributed by atoms with Crippen LogP contribution in [-0.4, -0.2) is 29.3 Å². The van der Waals surface area contributed by atoms with Crippen LogP contribution in [0.4, 0.5) is 5.69 Å². The van der Waals surface area contributed by atoms with Gasteiger partial charge in [0.05, 0.1) is 5.75 Å². The van der Waals surface area contributed by atoms with E-state index >= 15 is 0 Å². The van der Waals surface area contributed by atoms with Crippen molar-refractivity contribution in [3.8, 4) is 0 Å². The summed E-state index contributed by atoms with van der Waals surface area (Å²) in [6.07, 6.45) is 0. The lowest BCUT2D eigenvalue weighted by Gasteiger charge is -2.27. The van der Waals surface area contributed by atoms with Crippen LogP contribution in [0.25, 0.3) is 0 Å². The highest BCUT2D eigenvalue weighted by Gasteiger charge is 2.21. The van der Waals surface area contributed by atoms with E-state index in [0.717, 1.165) is 22.0 Å². The first kappa shape index (κ1) is 20.9. The molecule has 1 heterocycles. The largest absolute Gasteiger partial charge is 0.351 e. The van der Waals surface area contributed by atoms with E-state index in [-0.39, 0.29) is 11.7 Å². The highest BCUT2D eigenvalue weighted by molar-refractivity contribution is 8.14. The summed E-state index contributed by atoms with van der Waals surface area (Å²) in [5.41, 5.74) is 4.26. The maximum Gasteiger partial charge on any atom is 0.230 e. The van der Waals surface area contributed by atoms with Crippen molar-refractivity contribution in [2.24, 2.45) is 9.98 Å². The van der Waals surface area contributed by atoms with Crippen molar-refractivity contribution in [3.05, 3.63) is 102 Å². The fourth-order valence-corrected chi connectivity index (χ4v) is 3.96. The van der Waals surface area contributed by atoms with Crippen LogP contribution in [-0.2, 0) is 11.3 Å². The summed E-state index contributed by atoms with van der Waals surface area (Å²) >= 11 is 1.43. The molecule has 0 saturated carbocycles. The zero-order valence-electron chi connectivity index (χ0n) is 17.4. The molecular formula is C25H24N4OS. The Morgan fingerprint density at radius 3 is 2.35 bits per heavy atom. The number of nitrogens with zero attached hydrogens (tertiary/aromatic N) is 3. The zero-order valence-corrected chi connectivity index (χ0v) is 18.2. The van der Waals surface area contributed by atoms with Gasteiger partial charge >= 0.3 is 0 Å². The molecule has 3 aromatic rings. The summed E-state index contributed by atoms with van der Waals surface area (Å²) in [5.74, 6) is 0.955. The standard InChI is InChI=1S/C25H24N4OS/c1-19-12-14-22(15-13-19)29-18-27-24(21-10-6-3-7-11-21)28-25(29)31-17-23(30)26-16-20-8-4-2-5-9-20/h2-15H,16-18H2,1H3,(H,26,30). The number of carbonyl (C=O) groups is 1. The van der Waals surface area contributed by atoms with Gasteiger partial charge in [0.15, 0.2) is 11.0 Å². The summed E-state index contributed by atoms with van der Waals surface area (Å²) in [5, 5.41) is 3.75. The Bertz CT molecular complexity index is 1080. The second-order valence-electron chi connectivity index (χ2n) is 7.20. The lowest BCUT2D eigenvalue weighted by Crippen LogP contribution is -2.35. The van der Waals surface area contributed by atoms with Crippen molar-refractivity contribution < 1.29 is 4.79 Å². The van der Waals surface area contributed by atoms with E-state index in [1.165, 1.54) is 17.3 Å². The molecule has 31 heavy (non-hydrogen) atoms.